The van der Waals surface area contributed by atoms with Gasteiger partial charge in [-0.05, 0) is 43.2 Å². The highest BCUT2D eigenvalue weighted by molar-refractivity contribution is 5.99. The van der Waals surface area contributed by atoms with E-state index in [1.54, 1.807) is 6.20 Å². The van der Waals surface area contributed by atoms with Gasteiger partial charge < -0.3 is 14.2 Å². The Morgan fingerprint density at radius 1 is 1.00 bits per heavy atom. The van der Waals surface area contributed by atoms with E-state index in [1.807, 2.05) is 33.8 Å². The lowest BCUT2D eigenvalue weighted by atomic mass is 10.1. The Balaban J connectivity index is 1.51. The molecule has 0 radical (unpaired) electrons. The summed E-state index contributed by atoms with van der Waals surface area (Å²) in [4.78, 5) is 21.6. The first-order valence-corrected chi connectivity index (χ1v) is 8.67. The van der Waals surface area contributed by atoms with Crippen molar-refractivity contribution in [3.05, 3.63) is 65.6 Å². The summed E-state index contributed by atoms with van der Waals surface area (Å²) >= 11 is 0. The zero-order valence-electron chi connectivity index (χ0n) is 14.6. The normalized spacial score (nSPS) is 15.0. The molecule has 128 valence electrons. The van der Waals surface area contributed by atoms with Gasteiger partial charge in [-0.1, -0.05) is 12.1 Å². The van der Waals surface area contributed by atoms with E-state index in [9.17, 15) is 4.79 Å². The quantitative estimate of drug-likeness (QED) is 0.723. The van der Waals surface area contributed by atoms with Crippen LogP contribution in [0.1, 0.15) is 21.5 Å². The second kappa shape index (κ2) is 6.24. The molecular weight excluding hydrogens is 312 g/mol. The van der Waals surface area contributed by atoms with Crippen molar-refractivity contribution in [3.63, 3.8) is 0 Å². The van der Waals surface area contributed by atoms with Gasteiger partial charge in [-0.25, -0.2) is 4.98 Å². The van der Waals surface area contributed by atoms with Gasteiger partial charge in [-0.3, -0.25) is 4.79 Å². The average Bonchev–Trinajstić information content (AvgIpc) is 3.12. The number of aryl methyl sites for hydroxylation is 1. The number of anilines is 1. The summed E-state index contributed by atoms with van der Waals surface area (Å²) in [6.45, 7) is 7.48. The highest BCUT2D eigenvalue weighted by Gasteiger charge is 2.24. The third kappa shape index (κ3) is 2.76. The highest BCUT2D eigenvalue weighted by Crippen LogP contribution is 2.24. The van der Waals surface area contributed by atoms with Crippen LogP contribution in [0.5, 0.6) is 0 Å². The number of imidazole rings is 1. The Bertz CT molecular complexity index is 922. The predicted octanol–water partition coefficient (Wildman–Crippen LogP) is 2.91. The summed E-state index contributed by atoms with van der Waals surface area (Å²) < 4.78 is 1.89. The predicted molar refractivity (Wildman–Crippen MR) is 99.2 cm³/mol. The molecule has 0 atom stereocenters. The van der Waals surface area contributed by atoms with E-state index in [0.717, 1.165) is 31.8 Å². The number of hydrogen-bond donors (Lipinski definition) is 0. The van der Waals surface area contributed by atoms with Gasteiger partial charge in [0, 0.05) is 50.5 Å². The number of hydrogen-bond acceptors (Lipinski definition) is 3. The number of amides is 1. The number of fused-ring (bicyclic) bond motifs is 1. The van der Waals surface area contributed by atoms with E-state index >= 15 is 0 Å². The fraction of sp³-hybridized carbons (Fsp3) is 0.300. The van der Waals surface area contributed by atoms with Gasteiger partial charge in [-0.15, -0.1) is 0 Å². The van der Waals surface area contributed by atoms with E-state index < -0.39 is 0 Å². The molecular formula is C20H22N4O. The van der Waals surface area contributed by atoms with Gasteiger partial charge in [0.2, 0.25) is 0 Å². The van der Waals surface area contributed by atoms with Crippen molar-refractivity contribution in [1.29, 1.82) is 0 Å². The van der Waals surface area contributed by atoms with Gasteiger partial charge in [0.1, 0.15) is 5.65 Å². The Morgan fingerprint density at radius 2 is 1.80 bits per heavy atom. The van der Waals surface area contributed by atoms with Crippen molar-refractivity contribution in [2.75, 3.05) is 31.1 Å². The Kier molecular flexibility index (Phi) is 3.92. The topological polar surface area (TPSA) is 40.9 Å². The maximum atomic E-state index is 12.9. The Morgan fingerprint density at radius 3 is 2.60 bits per heavy atom. The Labute approximate surface area is 147 Å². The van der Waals surface area contributed by atoms with Crippen molar-refractivity contribution in [3.8, 4) is 0 Å². The molecule has 0 spiro atoms. The molecule has 5 nitrogen and oxygen atoms in total. The van der Waals surface area contributed by atoms with Crippen LogP contribution in [0.4, 0.5) is 5.69 Å². The smallest absolute Gasteiger partial charge is 0.257 e. The molecule has 0 bridgehead atoms. The number of piperazine rings is 1. The fourth-order valence-corrected chi connectivity index (χ4v) is 3.51. The maximum Gasteiger partial charge on any atom is 0.257 e. The van der Waals surface area contributed by atoms with Gasteiger partial charge in [0.05, 0.1) is 5.56 Å². The lowest BCUT2D eigenvalue weighted by Crippen LogP contribution is -2.49. The first kappa shape index (κ1) is 15.7. The molecule has 0 N–H and O–H groups in total. The second-order valence-electron chi connectivity index (χ2n) is 6.58. The SMILES string of the molecule is Cc1cccc(N2CCN(C(=O)c3cccn4ccnc34)CC2)c1C. The number of carbonyl (C=O) groups is 1. The number of carbonyl (C=O) groups excluding carboxylic acids is 1. The van der Waals surface area contributed by atoms with Crippen molar-refractivity contribution in [2.24, 2.45) is 0 Å². The molecule has 2 aromatic heterocycles. The molecule has 1 aliphatic rings. The van der Waals surface area contributed by atoms with Crippen LogP contribution in [-0.2, 0) is 0 Å². The van der Waals surface area contributed by atoms with Gasteiger partial charge >= 0.3 is 0 Å². The molecule has 1 aromatic carbocycles. The molecule has 1 saturated heterocycles. The standard InChI is InChI=1S/C20H22N4O/c1-15-5-3-7-18(16(15)2)22-11-13-24(14-12-22)20(25)17-6-4-9-23-10-8-21-19(17)23/h3-10H,11-14H2,1-2H3. The molecule has 25 heavy (non-hydrogen) atoms. The lowest BCUT2D eigenvalue weighted by molar-refractivity contribution is 0.0748. The minimum Gasteiger partial charge on any atom is -0.368 e. The number of aromatic nitrogens is 2. The van der Waals surface area contributed by atoms with E-state index in [1.165, 1.54) is 16.8 Å². The van der Waals surface area contributed by atoms with E-state index in [4.69, 9.17) is 0 Å². The number of nitrogens with zero attached hydrogens (tertiary/aromatic N) is 4. The van der Waals surface area contributed by atoms with Gasteiger partial charge in [0.15, 0.2) is 0 Å². The van der Waals surface area contributed by atoms with E-state index in [2.05, 4.69) is 41.9 Å². The van der Waals surface area contributed by atoms with Crippen LogP contribution in [0.2, 0.25) is 0 Å². The zero-order valence-corrected chi connectivity index (χ0v) is 14.6. The summed E-state index contributed by atoms with van der Waals surface area (Å²) in [6.07, 6.45) is 5.51. The monoisotopic (exact) mass is 334 g/mol. The molecule has 1 amide bonds. The molecule has 3 heterocycles. The minimum absolute atomic E-state index is 0.0671. The molecule has 1 fully saturated rings. The minimum atomic E-state index is 0.0671. The average molecular weight is 334 g/mol. The van der Waals surface area contributed by atoms with Crippen LogP contribution < -0.4 is 4.90 Å². The van der Waals surface area contributed by atoms with Crippen molar-refractivity contribution >= 4 is 17.2 Å². The molecule has 3 aromatic rings. The van der Waals surface area contributed by atoms with Crippen molar-refractivity contribution in [2.45, 2.75) is 13.8 Å². The van der Waals surface area contributed by atoms with Crippen LogP contribution >= 0.6 is 0 Å². The number of rotatable bonds is 2. The number of benzene rings is 1. The fourth-order valence-electron chi connectivity index (χ4n) is 3.51. The van der Waals surface area contributed by atoms with Crippen LogP contribution in [0.3, 0.4) is 0 Å². The van der Waals surface area contributed by atoms with E-state index in [-0.39, 0.29) is 5.91 Å². The van der Waals surface area contributed by atoms with E-state index in [0.29, 0.717) is 5.56 Å². The van der Waals surface area contributed by atoms with Crippen LogP contribution in [0.15, 0.2) is 48.9 Å². The molecule has 0 unspecified atom stereocenters. The zero-order chi connectivity index (χ0) is 17.4. The van der Waals surface area contributed by atoms with Gasteiger partial charge in [-0.2, -0.15) is 0 Å². The first-order chi connectivity index (χ1) is 12.1. The molecule has 5 heteroatoms. The van der Waals surface area contributed by atoms with Crippen LogP contribution in [0.25, 0.3) is 5.65 Å². The summed E-state index contributed by atoms with van der Waals surface area (Å²) in [6, 6.07) is 10.2. The second-order valence-corrected chi connectivity index (χ2v) is 6.58. The molecule has 4 rings (SSSR count). The summed E-state index contributed by atoms with van der Waals surface area (Å²) in [5, 5.41) is 0. The van der Waals surface area contributed by atoms with Crippen LogP contribution in [0, 0.1) is 13.8 Å². The molecule has 0 aliphatic carbocycles. The third-order valence-corrected chi connectivity index (χ3v) is 5.13. The summed E-state index contributed by atoms with van der Waals surface area (Å²) in [5.74, 6) is 0.0671. The number of pyridine rings is 1. The highest BCUT2D eigenvalue weighted by atomic mass is 16.2. The van der Waals surface area contributed by atoms with Crippen molar-refractivity contribution < 1.29 is 4.79 Å². The van der Waals surface area contributed by atoms with Gasteiger partial charge in [0.25, 0.3) is 5.91 Å². The largest absolute Gasteiger partial charge is 0.368 e. The maximum absolute atomic E-state index is 12.9. The third-order valence-electron chi connectivity index (χ3n) is 5.13. The summed E-state index contributed by atoms with van der Waals surface area (Å²) in [7, 11) is 0. The Hall–Kier alpha value is -2.82. The first-order valence-electron chi connectivity index (χ1n) is 8.67. The lowest BCUT2D eigenvalue weighted by Gasteiger charge is -2.37. The molecule has 1 aliphatic heterocycles. The van der Waals surface area contributed by atoms with Crippen molar-refractivity contribution in [1.82, 2.24) is 14.3 Å². The van der Waals surface area contributed by atoms with Crippen LogP contribution in [-0.4, -0.2) is 46.4 Å². The summed E-state index contributed by atoms with van der Waals surface area (Å²) in [5.41, 5.74) is 5.31. The molecule has 0 saturated carbocycles.